The zero-order chi connectivity index (χ0) is 23.8. The van der Waals surface area contributed by atoms with Gasteiger partial charge in [0, 0.05) is 22.5 Å². The van der Waals surface area contributed by atoms with Crippen molar-refractivity contribution >= 4 is 34.8 Å². The molecule has 2 N–H and O–H groups in total. The monoisotopic (exact) mass is 490 g/mol. The van der Waals surface area contributed by atoms with Crippen LogP contribution in [0.25, 0.3) is 17.1 Å². The number of hydrogen-bond acceptors (Lipinski definition) is 3. The van der Waals surface area contributed by atoms with Crippen LogP contribution in [-0.4, -0.2) is 15.5 Å². The summed E-state index contributed by atoms with van der Waals surface area (Å²) in [5.41, 5.74) is 0.0564. The minimum atomic E-state index is -4.58. The third kappa shape index (κ3) is 4.73. The predicted molar refractivity (Wildman–Crippen MR) is 121 cm³/mol. The van der Waals surface area contributed by atoms with E-state index in [1.54, 1.807) is 53.1 Å². The van der Waals surface area contributed by atoms with Gasteiger partial charge in [0.2, 0.25) is 0 Å². The Bertz CT molecular complexity index is 1320. The fraction of sp³-hybridized carbons (Fsp3) is 0.0435. The van der Waals surface area contributed by atoms with E-state index in [-0.39, 0.29) is 11.4 Å². The van der Waals surface area contributed by atoms with Crippen molar-refractivity contribution < 1.29 is 18.0 Å². The first-order valence-electron chi connectivity index (χ1n) is 9.52. The molecule has 0 saturated heterocycles. The van der Waals surface area contributed by atoms with Crippen LogP contribution in [0.4, 0.5) is 18.9 Å². The molecule has 0 unspecified atom stereocenters. The second-order valence-electron chi connectivity index (χ2n) is 7.00. The zero-order valence-electron chi connectivity index (χ0n) is 16.7. The molecular weight excluding hydrogens is 476 g/mol. The lowest BCUT2D eigenvalue weighted by Gasteiger charge is -2.17. The highest BCUT2D eigenvalue weighted by Gasteiger charge is 2.31. The van der Waals surface area contributed by atoms with Crippen LogP contribution in [0.1, 0.15) is 16.1 Å². The van der Waals surface area contributed by atoms with Crippen LogP contribution < -0.4 is 10.9 Å². The molecule has 5 nitrogen and oxygen atoms in total. The average molecular weight is 491 g/mol. The molecule has 0 atom stereocenters. The van der Waals surface area contributed by atoms with Gasteiger partial charge in [-0.15, -0.1) is 0 Å². The number of hydrazine groups is 1. The topological polar surface area (TPSA) is 64.2 Å². The molecule has 4 rings (SSSR count). The third-order valence-electron chi connectivity index (χ3n) is 4.82. The van der Waals surface area contributed by atoms with Gasteiger partial charge < -0.3 is 0 Å². The maximum Gasteiger partial charge on any atom is 0.416 e. The summed E-state index contributed by atoms with van der Waals surface area (Å²) in [5.74, 6) is 5.45. The van der Waals surface area contributed by atoms with Crippen LogP contribution in [0.2, 0.25) is 10.0 Å². The Balaban J connectivity index is 1.78. The number of aromatic nitrogens is 2. The van der Waals surface area contributed by atoms with Gasteiger partial charge in [0.25, 0.3) is 5.91 Å². The van der Waals surface area contributed by atoms with Crippen molar-refractivity contribution in [3.63, 3.8) is 0 Å². The molecule has 0 aliphatic rings. The lowest BCUT2D eigenvalue weighted by Crippen LogP contribution is -2.37. The van der Waals surface area contributed by atoms with Crippen molar-refractivity contribution in [3.8, 4) is 17.1 Å². The molecule has 0 radical (unpaired) electrons. The number of carbonyl (C=O) groups excluding carboxylic acids is 1. The van der Waals surface area contributed by atoms with Crippen molar-refractivity contribution in [1.82, 2.24) is 9.55 Å². The Morgan fingerprint density at radius 1 is 0.970 bits per heavy atom. The summed E-state index contributed by atoms with van der Waals surface area (Å²) in [6.07, 6.45) is -3.13. The summed E-state index contributed by atoms with van der Waals surface area (Å²) < 4.78 is 40.8. The van der Waals surface area contributed by atoms with Gasteiger partial charge in [-0.05, 0) is 54.6 Å². The van der Waals surface area contributed by atoms with Crippen LogP contribution in [0.5, 0.6) is 0 Å². The van der Waals surface area contributed by atoms with E-state index in [1.165, 1.54) is 18.3 Å². The first-order valence-corrected chi connectivity index (χ1v) is 10.3. The van der Waals surface area contributed by atoms with Crippen molar-refractivity contribution in [2.24, 2.45) is 5.84 Å². The summed E-state index contributed by atoms with van der Waals surface area (Å²) in [4.78, 5) is 17.5. The SMILES string of the molecule is NN(C(=O)c1cn(-c2ccc(Cl)cc2)c(-c2ccccc2Cl)n1)c1cccc(C(F)(F)F)c1. The van der Waals surface area contributed by atoms with Gasteiger partial charge in [-0.2, -0.15) is 13.2 Å². The standard InChI is InChI=1S/C23H15Cl2F3N4O/c24-15-8-10-16(11-9-15)31-13-20(30-21(31)18-6-1-2-7-19(18)25)22(33)32(29)17-5-3-4-14(12-17)23(26,27)28/h1-13H,29H2. The molecule has 10 heteroatoms. The number of anilines is 1. The van der Waals surface area contributed by atoms with Crippen LogP contribution in [-0.2, 0) is 6.18 Å². The number of benzene rings is 3. The number of imidazole rings is 1. The molecule has 0 spiro atoms. The minimum Gasteiger partial charge on any atom is -0.299 e. The van der Waals surface area contributed by atoms with E-state index in [0.29, 0.717) is 32.1 Å². The van der Waals surface area contributed by atoms with Crippen LogP contribution in [0.3, 0.4) is 0 Å². The molecule has 1 amide bonds. The second kappa shape index (κ2) is 8.90. The molecule has 4 aromatic rings. The molecule has 168 valence electrons. The zero-order valence-corrected chi connectivity index (χ0v) is 18.2. The second-order valence-corrected chi connectivity index (χ2v) is 7.84. The highest BCUT2D eigenvalue weighted by atomic mass is 35.5. The van der Waals surface area contributed by atoms with Gasteiger partial charge in [-0.25, -0.2) is 15.8 Å². The van der Waals surface area contributed by atoms with E-state index in [0.717, 1.165) is 12.1 Å². The third-order valence-corrected chi connectivity index (χ3v) is 5.40. The van der Waals surface area contributed by atoms with Gasteiger partial charge in [0.15, 0.2) is 0 Å². The minimum absolute atomic E-state index is 0.0835. The van der Waals surface area contributed by atoms with Gasteiger partial charge >= 0.3 is 6.18 Å². The Morgan fingerprint density at radius 2 is 1.67 bits per heavy atom. The number of rotatable bonds is 4. The van der Waals surface area contributed by atoms with Crippen molar-refractivity contribution in [2.45, 2.75) is 6.18 Å². The first kappa shape index (κ1) is 22.8. The summed E-state index contributed by atoms with van der Waals surface area (Å²) in [6, 6.07) is 17.9. The van der Waals surface area contributed by atoms with E-state index in [1.807, 2.05) is 0 Å². The fourth-order valence-corrected chi connectivity index (χ4v) is 3.53. The van der Waals surface area contributed by atoms with E-state index in [4.69, 9.17) is 29.0 Å². The molecular formula is C23H15Cl2F3N4O. The fourth-order valence-electron chi connectivity index (χ4n) is 3.19. The molecule has 0 bridgehead atoms. The highest BCUT2D eigenvalue weighted by molar-refractivity contribution is 6.33. The molecule has 33 heavy (non-hydrogen) atoms. The maximum absolute atomic E-state index is 13.1. The Labute approximate surface area is 196 Å². The number of nitrogens with zero attached hydrogens (tertiary/aromatic N) is 3. The van der Waals surface area contributed by atoms with Crippen LogP contribution in [0.15, 0.2) is 79.0 Å². The average Bonchev–Trinajstić information content (AvgIpc) is 3.23. The van der Waals surface area contributed by atoms with Crippen LogP contribution in [0, 0.1) is 0 Å². The van der Waals surface area contributed by atoms with E-state index >= 15 is 0 Å². The van der Waals surface area contributed by atoms with E-state index < -0.39 is 17.6 Å². The highest BCUT2D eigenvalue weighted by Crippen LogP contribution is 2.32. The van der Waals surface area contributed by atoms with Gasteiger partial charge in [0.1, 0.15) is 11.5 Å². The molecule has 0 saturated carbocycles. The Morgan fingerprint density at radius 3 is 2.33 bits per heavy atom. The van der Waals surface area contributed by atoms with Crippen LogP contribution >= 0.6 is 23.2 Å². The quantitative estimate of drug-likeness (QED) is 0.205. The van der Waals surface area contributed by atoms with Gasteiger partial charge in [0.05, 0.1) is 16.3 Å². The summed E-state index contributed by atoms with van der Waals surface area (Å²) in [7, 11) is 0. The van der Waals surface area contributed by atoms with Crippen molar-refractivity contribution in [1.29, 1.82) is 0 Å². The van der Waals surface area contributed by atoms with Gasteiger partial charge in [-0.3, -0.25) is 9.36 Å². The smallest absolute Gasteiger partial charge is 0.299 e. The number of hydrogen-bond donors (Lipinski definition) is 1. The maximum atomic E-state index is 13.1. The molecule has 1 heterocycles. The summed E-state index contributed by atoms with van der Waals surface area (Å²) in [5, 5.41) is 1.55. The Hall–Kier alpha value is -3.33. The largest absolute Gasteiger partial charge is 0.416 e. The number of carbonyl (C=O) groups is 1. The predicted octanol–water partition coefficient (Wildman–Crippen LogP) is 6.39. The molecule has 1 aromatic heterocycles. The molecule has 3 aromatic carbocycles. The lowest BCUT2D eigenvalue weighted by molar-refractivity contribution is -0.137. The number of nitrogens with two attached hydrogens (primary N) is 1. The first-order chi connectivity index (χ1) is 15.6. The van der Waals surface area contributed by atoms with E-state index in [9.17, 15) is 18.0 Å². The van der Waals surface area contributed by atoms with Crippen molar-refractivity contribution in [3.05, 3.63) is 100 Å². The Kier molecular flexibility index (Phi) is 6.16. The lowest BCUT2D eigenvalue weighted by atomic mass is 10.2. The molecule has 0 fully saturated rings. The number of halogens is 5. The van der Waals surface area contributed by atoms with Gasteiger partial charge in [-0.1, -0.05) is 41.4 Å². The normalized spacial score (nSPS) is 11.5. The molecule has 0 aliphatic carbocycles. The summed E-state index contributed by atoms with van der Waals surface area (Å²) >= 11 is 12.3. The molecule has 0 aliphatic heterocycles. The van der Waals surface area contributed by atoms with Crippen molar-refractivity contribution in [2.75, 3.05) is 5.01 Å². The summed E-state index contributed by atoms with van der Waals surface area (Å²) in [6.45, 7) is 0. The van der Waals surface area contributed by atoms with E-state index in [2.05, 4.69) is 4.98 Å². The number of alkyl halides is 3. The number of amides is 1.